The van der Waals surface area contributed by atoms with Crippen LogP contribution in [0, 0.1) is 5.82 Å². The molecule has 0 aliphatic carbocycles. The number of nitrogens with two attached hydrogens (primary N) is 1. The van der Waals surface area contributed by atoms with Crippen LogP contribution >= 0.6 is 0 Å². The van der Waals surface area contributed by atoms with Crippen molar-refractivity contribution in [3.05, 3.63) is 70.8 Å². The summed E-state index contributed by atoms with van der Waals surface area (Å²) in [7, 11) is 1.75. The molecule has 1 aromatic heterocycles. The van der Waals surface area contributed by atoms with Gasteiger partial charge in [0.25, 0.3) is 5.56 Å². The molecule has 0 aliphatic heterocycles. The van der Waals surface area contributed by atoms with E-state index in [4.69, 9.17) is 5.73 Å². The van der Waals surface area contributed by atoms with E-state index in [0.29, 0.717) is 11.4 Å². The monoisotopic (exact) mass is 283 g/mol. The van der Waals surface area contributed by atoms with Crippen LogP contribution in [0.15, 0.2) is 59.4 Å². The van der Waals surface area contributed by atoms with E-state index < -0.39 is 0 Å². The molecule has 3 rings (SSSR count). The summed E-state index contributed by atoms with van der Waals surface area (Å²) < 4.78 is 16.1. The van der Waals surface area contributed by atoms with Gasteiger partial charge in [-0.05, 0) is 24.3 Å². The van der Waals surface area contributed by atoms with Gasteiger partial charge in [-0.3, -0.25) is 9.48 Å². The molecule has 4 nitrogen and oxygen atoms in total. The standard InChI is InChI=1S/C16H14FN3O/c1-19-15(11-5-3-2-4-6-11)14(18)16(21)20(19)13-9-7-12(17)8-10-13/h2-10H,18H2,1H3. The molecule has 3 aromatic rings. The van der Waals surface area contributed by atoms with E-state index in [1.165, 1.54) is 16.8 Å². The molecule has 0 aliphatic rings. The number of hydrogen-bond acceptors (Lipinski definition) is 2. The molecule has 2 N–H and O–H groups in total. The molecule has 0 bridgehead atoms. The minimum atomic E-state index is -0.350. The largest absolute Gasteiger partial charge is 0.392 e. The maximum absolute atomic E-state index is 13.0. The molecule has 106 valence electrons. The fourth-order valence-corrected chi connectivity index (χ4v) is 2.44. The maximum atomic E-state index is 13.0. The average molecular weight is 283 g/mol. The first-order valence-corrected chi connectivity index (χ1v) is 6.48. The van der Waals surface area contributed by atoms with Crippen LogP contribution in [0.4, 0.5) is 10.1 Å². The topological polar surface area (TPSA) is 52.9 Å². The summed E-state index contributed by atoms with van der Waals surface area (Å²) in [4.78, 5) is 12.4. The van der Waals surface area contributed by atoms with E-state index in [1.54, 1.807) is 23.9 Å². The second-order valence-electron chi connectivity index (χ2n) is 4.75. The Morgan fingerprint density at radius 3 is 2.24 bits per heavy atom. The second-order valence-corrected chi connectivity index (χ2v) is 4.75. The third-order valence-corrected chi connectivity index (χ3v) is 3.42. The molecule has 0 spiro atoms. The van der Waals surface area contributed by atoms with Gasteiger partial charge in [0.15, 0.2) is 0 Å². The van der Waals surface area contributed by atoms with Crippen molar-refractivity contribution < 1.29 is 4.39 Å². The molecule has 2 aromatic carbocycles. The highest BCUT2D eigenvalue weighted by Gasteiger charge is 2.17. The van der Waals surface area contributed by atoms with Gasteiger partial charge in [-0.1, -0.05) is 30.3 Å². The van der Waals surface area contributed by atoms with Crippen LogP contribution in [-0.4, -0.2) is 9.36 Å². The Labute approximate surface area is 120 Å². The molecule has 0 fully saturated rings. The third kappa shape index (κ3) is 2.12. The van der Waals surface area contributed by atoms with Gasteiger partial charge in [0, 0.05) is 12.6 Å². The van der Waals surface area contributed by atoms with Gasteiger partial charge in [0.05, 0.1) is 11.4 Å². The summed E-state index contributed by atoms with van der Waals surface area (Å²) in [5.41, 5.74) is 7.90. The summed E-state index contributed by atoms with van der Waals surface area (Å²) in [6.45, 7) is 0. The van der Waals surface area contributed by atoms with Gasteiger partial charge in [-0.2, -0.15) is 0 Å². The molecule has 0 unspecified atom stereocenters. The molecule has 21 heavy (non-hydrogen) atoms. The van der Waals surface area contributed by atoms with Crippen LogP contribution in [0.2, 0.25) is 0 Å². The molecular weight excluding hydrogens is 269 g/mol. The number of rotatable bonds is 2. The molecule has 0 atom stereocenters. The Balaban J connectivity index is 2.25. The lowest BCUT2D eigenvalue weighted by atomic mass is 10.1. The maximum Gasteiger partial charge on any atom is 0.295 e. The highest BCUT2D eigenvalue weighted by atomic mass is 19.1. The van der Waals surface area contributed by atoms with Gasteiger partial charge >= 0.3 is 0 Å². The Hall–Kier alpha value is -2.82. The van der Waals surface area contributed by atoms with Crippen molar-refractivity contribution in [1.82, 2.24) is 9.36 Å². The normalized spacial score (nSPS) is 10.8. The molecule has 1 heterocycles. The molecule has 0 amide bonds. The van der Waals surface area contributed by atoms with Crippen molar-refractivity contribution in [1.29, 1.82) is 0 Å². The zero-order valence-electron chi connectivity index (χ0n) is 11.5. The van der Waals surface area contributed by atoms with E-state index in [1.807, 2.05) is 30.3 Å². The van der Waals surface area contributed by atoms with Crippen LogP contribution in [0.5, 0.6) is 0 Å². The van der Waals surface area contributed by atoms with E-state index in [9.17, 15) is 9.18 Å². The number of halogens is 1. The summed E-state index contributed by atoms with van der Waals surface area (Å²) in [5.74, 6) is -0.350. The first-order valence-electron chi connectivity index (χ1n) is 6.48. The minimum absolute atomic E-state index is 0.174. The van der Waals surface area contributed by atoms with Crippen LogP contribution in [-0.2, 0) is 7.05 Å². The predicted molar refractivity (Wildman–Crippen MR) is 80.8 cm³/mol. The first-order chi connectivity index (χ1) is 10.1. The highest BCUT2D eigenvalue weighted by Crippen LogP contribution is 2.24. The number of nitrogens with zero attached hydrogens (tertiary/aromatic N) is 2. The van der Waals surface area contributed by atoms with Crippen molar-refractivity contribution in [3.8, 4) is 16.9 Å². The predicted octanol–water partition coefficient (Wildman–Crippen LogP) is 2.56. The van der Waals surface area contributed by atoms with Gasteiger partial charge in [-0.15, -0.1) is 0 Å². The quantitative estimate of drug-likeness (QED) is 0.786. The first kappa shape index (κ1) is 13.2. The SMILES string of the molecule is Cn1c(-c2ccccc2)c(N)c(=O)n1-c1ccc(F)cc1. The molecule has 0 saturated carbocycles. The van der Waals surface area contributed by atoms with Crippen LogP contribution in [0.1, 0.15) is 0 Å². The molecule has 0 radical (unpaired) electrons. The smallest absolute Gasteiger partial charge is 0.295 e. The molecule has 5 heteroatoms. The Morgan fingerprint density at radius 1 is 1.00 bits per heavy atom. The van der Waals surface area contributed by atoms with Crippen LogP contribution < -0.4 is 11.3 Å². The molecular formula is C16H14FN3O. The Morgan fingerprint density at radius 2 is 1.62 bits per heavy atom. The lowest BCUT2D eigenvalue weighted by molar-refractivity contribution is 0.621. The number of anilines is 1. The lowest BCUT2D eigenvalue weighted by Gasteiger charge is -2.10. The van der Waals surface area contributed by atoms with E-state index in [2.05, 4.69) is 0 Å². The Bertz CT molecular complexity index is 832. The molecule has 0 saturated heterocycles. The lowest BCUT2D eigenvalue weighted by Crippen LogP contribution is -2.20. The second kappa shape index (κ2) is 4.94. The van der Waals surface area contributed by atoms with Crippen molar-refractivity contribution in [2.45, 2.75) is 0 Å². The van der Waals surface area contributed by atoms with Gasteiger partial charge in [-0.25, -0.2) is 9.07 Å². The zero-order chi connectivity index (χ0) is 15.0. The zero-order valence-corrected chi connectivity index (χ0v) is 11.5. The van der Waals surface area contributed by atoms with E-state index >= 15 is 0 Å². The van der Waals surface area contributed by atoms with Crippen molar-refractivity contribution in [3.63, 3.8) is 0 Å². The van der Waals surface area contributed by atoms with E-state index in [-0.39, 0.29) is 17.1 Å². The van der Waals surface area contributed by atoms with Crippen LogP contribution in [0.3, 0.4) is 0 Å². The fourth-order valence-electron chi connectivity index (χ4n) is 2.44. The number of hydrogen-bond donors (Lipinski definition) is 1. The summed E-state index contributed by atoms with van der Waals surface area (Å²) in [6, 6.07) is 15.2. The Kier molecular flexibility index (Phi) is 3.10. The fraction of sp³-hybridized carbons (Fsp3) is 0.0625. The summed E-state index contributed by atoms with van der Waals surface area (Å²) in [6.07, 6.45) is 0. The van der Waals surface area contributed by atoms with Gasteiger partial charge < -0.3 is 5.73 Å². The average Bonchev–Trinajstić information content (AvgIpc) is 2.72. The van der Waals surface area contributed by atoms with Crippen molar-refractivity contribution in [2.75, 3.05) is 5.73 Å². The third-order valence-electron chi connectivity index (χ3n) is 3.42. The summed E-state index contributed by atoms with van der Waals surface area (Å²) in [5, 5.41) is 0. The van der Waals surface area contributed by atoms with Crippen molar-refractivity contribution >= 4 is 5.69 Å². The minimum Gasteiger partial charge on any atom is -0.392 e. The number of benzene rings is 2. The highest BCUT2D eigenvalue weighted by molar-refractivity contribution is 5.73. The van der Waals surface area contributed by atoms with E-state index in [0.717, 1.165) is 5.56 Å². The number of aromatic nitrogens is 2. The van der Waals surface area contributed by atoms with Gasteiger partial charge in [0.1, 0.15) is 11.5 Å². The summed E-state index contributed by atoms with van der Waals surface area (Å²) >= 11 is 0. The van der Waals surface area contributed by atoms with Crippen LogP contribution in [0.25, 0.3) is 16.9 Å². The van der Waals surface area contributed by atoms with Gasteiger partial charge in [0.2, 0.25) is 0 Å². The van der Waals surface area contributed by atoms with Crippen molar-refractivity contribution in [2.24, 2.45) is 7.05 Å². The number of nitrogen functional groups attached to an aromatic ring is 1.